The zero-order chi connectivity index (χ0) is 16.4. The zero-order valence-electron chi connectivity index (χ0n) is 13.3. The fraction of sp³-hybridized carbons (Fsp3) is 0.500. The molecule has 0 amide bonds. The summed E-state index contributed by atoms with van der Waals surface area (Å²) in [5, 5.41) is 6.94. The normalized spacial score (nSPS) is 11.7. The van der Waals surface area contributed by atoms with Crippen LogP contribution >= 0.6 is 35.6 Å². The average molecular weight is 475 g/mol. The molecule has 0 fully saturated rings. The summed E-state index contributed by atoms with van der Waals surface area (Å²) in [6.45, 7) is 3.11. The maximum Gasteiger partial charge on any atom is 0.211 e. The molecule has 1 aromatic rings. The summed E-state index contributed by atoms with van der Waals surface area (Å²) in [7, 11) is -1.47. The van der Waals surface area contributed by atoms with Crippen LogP contribution in [-0.4, -0.2) is 46.8 Å². The van der Waals surface area contributed by atoms with Crippen molar-refractivity contribution >= 4 is 51.6 Å². The number of nitrogens with zero attached hydrogens (tertiary/aromatic N) is 1. The molecule has 0 aliphatic heterocycles. The number of nitrogens with one attached hydrogen (secondary N) is 3. The average Bonchev–Trinajstić information content (AvgIpc) is 2.49. The van der Waals surface area contributed by atoms with E-state index in [1.54, 1.807) is 14.0 Å². The Morgan fingerprint density at radius 3 is 2.52 bits per heavy atom. The Morgan fingerprint density at radius 1 is 1.22 bits per heavy atom. The molecule has 0 aliphatic rings. The summed E-state index contributed by atoms with van der Waals surface area (Å²) in [5.41, 5.74) is 1.14. The van der Waals surface area contributed by atoms with Crippen molar-refractivity contribution < 1.29 is 8.42 Å². The third kappa shape index (κ3) is 10.0. The summed E-state index contributed by atoms with van der Waals surface area (Å²) >= 11 is 5.93. The van der Waals surface area contributed by atoms with Gasteiger partial charge in [0.05, 0.1) is 5.75 Å². The minimum atomic E-state index is -3.14. The van der Waals surface area contributed by atoms with Gasteiger partial charge in [0.2, 0.25) is 10.0 Å². The first-order valence-corrected chi connectivity index (χ1v) is 9.16. The van der Waals surface area contributed by atoms with Gasteiger partial charge >= 0.3 is 0 Å². The molecule has 9 heteroatoms. The number of sulfonamides is 1. The van der Waals surface area contributed by atoms with Gasteiger partial charge in [0, 0.05) is 31.7 Å². The highest BCUT2D eigenvalue weighted by molar-refractivity contribution is 14.0. The molecule has 132 valence electrons. The van der Waals surface area contributed by atoms with E-state index in [1.807, 2.05) is 24.3 Å². The molecular weight excluding hydrogens is 451 g/mol. The first kappa shape index (κ1) is 22.4. The van der Waals surface area contributed by atoms with Crippen molar-refractivity contribution in [2.75, 3.05) is 32.4 Å². The Morgan fingerprint density at radius 2 is 1.91 bits per heavy atom. The van der Waals surface area contributed by atoms with Crippen molar-refractivity contribution in [1.82, 2.24) is 15.4 Å². The number of rotatable bonds is 8. The van der Waals surface area contributed by atoms with Crippen molar-refractivity contribution in [2.24, 2.45) is 4.99 Å². The fourth-order valence-electron chi connectivity index (χ4n) is 1.73. The molecule has 0 saturated heterocycles. The number of hydrogen-bond acceptors (Lipinski definition) is 3. The van der Waals surface area contributed by atoms with Crippen LogP contribution in [0.25, 0.3) is 0 Å². The second-order valence-corrected chi connectivity index (χ2v) is 7.14. The van der Waals surface area contributed by atoms with Gasteiger partial charge in [0.25, 0.3) is 0 Å². The third-order valence-electron chi connectivity index (χ3n) is 2.94. The fourth-order valence-corrected chi connectivity index (χ4v) is 2.56. The topological polar surface area (TPSA) is 82.6 Å². The van der Waals surface area contributed by atoms with E-state index in [0.717, 1.165) is 17.0 Å². The standard InChI is InChI=1S/C14H23ClN4O2S.HI/c1-3-22(20,21)19-10-9-18-14(16-2)17-8-7-12-5-4-6-13(15)11-12;/h4-6,11,19H,3,7-10H2,1-2H3,(H2,16,17,18);1H. The number of aliphatic imine (C=N–C) groups is 1. The van der Waals surface area contributed by atoms with Gasteiger partial charge in [-0.2, -0.15) is 0 Å². The lowest BCUT2D eigenvalue weighted by Crippen LogP contribution is -2.42. The molecule has 1 aromatic carbocycles. The minimum Gasteiger partial charge on any atom is -0.356 e. The molecule has 0 aromatic heterocycles. The van der Waals surface area contributed by atoms with E-state index >= 15 is 0 Å². The van der Waals surface area contributed by atoms with Gasteiger partial charge in [0.15, 0.2) is 5.96 Å². The number of guanidine groups is 1. The molecular formula is C14H24ClIN4O2S. The molecule has 0 heterocycles. The smallest absolute Gasteiger partial charge is 0.211 e. The molecule has 0 unspecified atom stereocenters. The maximum absolute atomic E-state index is 11.3. The molecule has 0 spiro atoms. The summed E-state index contributed by atoms with van der Waals surface area (Å²) in [5.74, 6) is 0.720. The van der Waals surface area contributed by atoms with Crippen LogP contribution in [0.2, 0.25) is 5.02 Å². The SMILES string of the molecule is CCS(=O)(=O)NCCNC(=NC)NCCc1cccc(Cl)c1.I. The summed E-state index contributed by atoms with van der Waals surface area (Å²) < 4.78 is 25.0. The lowest BCUT2D eigenvalue weighted by Gasteiger charge is -2.12. The van der Waals surface area contributed by atoms with Gasteiger partial charge in [0.1, 0.15) is 0 Å². The van der Waals surface area contributed by atoms with E-state index in [1.165, 1.54) is 0 Å². The Kier molecular flexibility index (Phi) is 11.6. The van der Waals surface area contributed by atoms with Crippen LogP contribution in [-0.2, 0) is 16.4 Å². The van der Waals surface area contributed by atoms with Crippen molar-refractivity contribution in [2.45, 2.75) is 13.3 Å². The zero-order valence-corrected chi connectivity index (χ0v) is 17.2. The van der Waals surface area contributed by atoms with Crippen molar-refractivity contribution in [1.29, 1.82) is 0 Å². The highest BCUT2D eigenvalue weighted by atomic mass is 127. The van der Waals surface area contributed by atoms with E-state index < -0.39 is 10.0 Å². The molecule has 6 nitrogen and oxygen atoms in total. The number of hydrogen-bond donors (Lipinski definition) is 3. The number of benzene rings is 1. The molecule has 3 N–H and O–H groups in total. The lowest BCUT2D eigenvalue weighted by molar-refractivity contribution is 0.582. The van der Waals surface area contributed by atoms with Gasteiger partial charge in [-0.25, -0.2) is 13.1 Å². The summed E-state index contributed by atoms with van der Waals surface area (Å²) in [6.07, 6.45) is 0.823. The van der Waals surface area contributed by atoms with Crippen LogP contribution in [0.4, 0.5) is 0 Å². The van der Waals surface area contributed by atoms with Crippen LogP contribution < -0.4 is 15.4 Å². The molecule has 0 saturated carbocycles. The summed E-state index contributed by atoms with van der Waals surface area (Å²) in [6, 6.07) is 7.71. The van der Waals surface area contributed by atoms with Crippen LogP contribution in [0.15, 0.2) is 29.3 Å². The van der Waals surface area contributed by atoms with E-state index in [9.17, 15) is 8.42 Å². The maximum atomic E-state index is 11.3. The second-order valence-electron chi connectivity index (χ2n) is 4.60. The lowest BCUT2D eigenvalue weighted by atomic mass is 10.1. The highest BCUT2D eigenvalue weighted by Crippen LogP contribution is 2.10. The highest BCUT2D eigenvalue weighted by Gasteiger charge is 2.05. The molecule has 0 radical (unpaired) electrons. The Hall–Kier alpha value is -0.580. The van der Waals surface area contributed by atoms with Crippen LogP contribution in [0, 0.1) is 0 Å². The first-order chi connectivity index (χ1) is 10.5. The second kappa shape index (κ2) is 11.9. The van der Waals surface area contributed by atoms with Gasteiger partial charge in [-0.1, -0.05) is 23.7 Å². The first-order valence-electron chi connectivity index (χ1n) is 7.13. The van der Waals surface area contributed by atoms with Gasteiger partial charge in [-0.15, -0.1) is 24.0 Å². The van der Waals surface area contributed by atoms with Crippen molar-refractivity contribution in [3.63, 3.8) is 0 Å². The van der Waals surface area contributed by atoms with Crippen molar-refractivity contribution in [3.8, 4) is 0 Å². The Bertz CT molecular complexity index is 596. The molecule has 23 heavy (non-hydrogen) atoms. The van der Waals surface area contributed by atoms with Crippen molar-refractivity contribution in [3.05, 3.63) is 34.9 Å². The van der Waals surface area contributed by atoms with Gasteiger partial charge in [-0.3, -0.25) is 4.99 Å². The van der Waals surface area contributed by atoms with Crippen LogP contribution in [0.3, 0.4) is 0 Å². The van der Waals surface area contributed by atoms with Gasteiger partial charge < -0.3 is 10.6 Å². The molecule has 0 atom stereocenters. The Balaban J connectivity index is 0.00000484. The molecule has 0 aliphatic carbocycles. The quantitative estimate of drug-likeness (QED) is 0.231. The predicted octanol–water partition coefficient (Wildman–Crippen LogP) is 1.60. The van der Waals surface area contributed by atoms with E-state index in [4.69, 9.17) is 11.6 Å². The van der Waals surface area contributed by atoms with Crippen LogP contribution in [0.1, 0.15) is 12.5 Å². The summed E-state index contributed by atoms with van der Waals surface area (Å²) in [4.78, 5) is 4.08. The van der Waals surface area contributed by atoms with Gasteiger partial charge in [-0.05, 0) is 31.0 Å². The third-order valence-corrected chi connectivity index (χ3v) is 4.58. The molecule has 1 rings (SSSR count). The van der Waals surface area contributed by atoms with Crippen LogP contribution in [0.5, 0.6) is 0 Å². The van der Waals surface area contributed by atoms with E-state index in [0.29, 0.717) is 25.6 Å². The van der Waals surface area contributed by atoms with E-state index in [2.05, 4.69) is 20.3 Å². The Labute approximate surface area is 160 Å². The van der Waals surface area contributed by atoms with E-state index in [-0.39, 0.29) is 29.7 Å². The predicted molar refractivity (Wildman–Crippen MR) is 107 cm³/mol. The minimum absolute atomic E-state index is 0. The molecule has 0 bridgehead atoms. The largest absolute Gasteiger partial charge is 0.356 e. The number of halogens is 2. The monoisotopic (exact) mass is 474 g/mol.